The van der Waals surface area contributed by atoms with Crippen LogP contribution in [0.15, 0.2) is 12.1 Å². The fourth-order valence-electron chi connectivity index (χ4n) is 2.67. The second-order valence-corrected chi connectivity index (χ2v) is 5.67. The van der Waals surface area contributed by atoms with Crippen molar-refractivity contribution in [2.24, 2.45) is 0 Å². The maximum Gasteiger partial charge on any atom is 0.178 e. The Hall–Kier alpha value is -0.910. The van der Waals surface area contributed by atoms with Gasteiger partial charge < -0.3 is 14.3 Å². The zero-order valence-electron chi connectivity index (χ0n) is 10.5. The van der Waals surface area contributed by atoms with Crippen LogP contribution in [0.4, 0.5) is 4.39 Å². The van der Waals surface area contributed by atoms with Gasteiger partial charge in [-0.15, -0.1) is 0 Å². The lowest BCUT2D eigenvalue weighted by molar-refractivity contribution is 0.0741. The van der Waals surface area contributed by atoms with E-state index in [0.717, 1.165) is 30.5 Å². The number of H-pyrrole nitrogens is 1. The molecular formula is C13H14ClFN2OS. The highest BCUT2D eigenvalue weighted by Crippen LogP contribution is 2.30. The summed E-state index contributed by atoms with van der Waals surface area (Å²) in [6, 6.07) is 3.07. The lowest BCUT2D eigenvalue weighted by atomic mass is 10.1. The molecule has 0 amide bonds. The first-order chi connectivity index (χ1) is 9.08. The molecular weight excluding hydrogens is 287 g/mol. The average Bonchev–Trinajstić information content (AvgIpc) is 2.97. The normalized spacial score (nSPS) is 21.1. The maximum absolute atomic E-state index is 13.7. The van der Waals surface area contributed by atoms with Crippen LogP contribution in [0.1, 0.15) is 25.8 Å². The Morgan fingerprint density at radius 3 is 3.05 bits per heavy atom. The Bertz CT molecular complexity index is 675. The van der Waals surface area contributed by atoms with Crippen LogP contribution in [0.3, 0.4) is 0 Å². The summed E-state index contributed by atoms with van der Waals surface area (Å²) in [7, 11) is 0. The van der Waals surface area contributed by atoms with Crippen molar-refractivity contribution in [3.63, 3.8) is 0 Å². The molecule has 0 aliphatic carbocycles. The molecule has 2 atom stereocenters. The molecule has 1 fully saturated rings. The topological polar surface area (TPSA) is 29.9 Å². The molecule has 1 N–H and O–H groups in total. The molecule has 0 spiro atoms. The molecule has 2 aromatic rings. The van der Waals surface area contributed by atoms with Gasteiger partial charge in [0.15, 0.2) is 4.77 Å². The van der Waals surface area contributed by atoms with Gasteiger partial charge in [-0.25, -0.2) is 4.39 Å². The number of hydrogen-bond acceptors (Lipinski definition) is 2. The minimum Gasteiger partial charge on any atom is -0.376 e. The Morgan fingerprint density at radius 1 is 1.58 bits per heavy atom. The third kappa shape index (κ3) is 2.20. The van der Waals surface area contributed by atoms with E-state index >= 15 is 0 Å². The highest BCUT2D eigenvalue weighted by atomic mass is 35.5. The number of fused-ring (bicyclic) bond motifs is 1. The largest absolute Gasteiger partial charge is 0.376 e. The monoisotopic (exact) mass is 300 g/mol. The van der Waals surface area contributed by atoms with Gasteiger partial charge in [0, 0.05) is 12.7 Å². The SMILES string of the molecule is CC(C1CCCO1)n1c(=S)[nH]c2cc(Cl)c(F)cc21. The highest BCUT2D eigenvalue weighted by molar-refractivity contribution is 7.71. The quantitative estimate of drug-likeness (QED) is 0.841. The van der Waals surface area contributed by atoms with Gasteiger partial charge >= 0.3 is 0 Å². The number of rotatable bonds is 2. The van der Waals surface area contributed by atoms with Crippen molar-refractivity contribution in [1.29, 1.82) is 0 Å². The van der Waals surface area contributed by atoms with E-state index in [1.807, 2.05) is 11.5 Å². The number of aromatic amines is 1. The highest BCUT2D eigenvalue weighted by Gasteiger charge is 2.25. The summed E-state index contributed by atoms with van der Waals surface area (Å²) in [4.78, 5) is 3.07. The van der Waals surface area contributed by atoms with Crippen LogP contribution in [0.2, 0.25) is 5.02 Å². The van der Waals surface area contributed by atoms with Crippen molar-refractivity contribution in [2.75, 3.05) is 6.61 Å². The van der Waals surface area contributed by atoms with E-state index in [0.29, 0.717) is 4.77 Å². The van der Waals surface area contributed by atoms with Gasteiger partial charge in [-0.1, -0.05) is 11.6 Å². The molecule has 0 saturated carbocycles. The Labute approximate surface area is 120 Å². The Kier molecular flexibility index (Phi) is 3.37. The van der Waals surface area contributed by atoms with Crippen molar-refractivity contribution in [3.05, 3.63) is 27.7 Å². The van der Waals surface area contributed by atoms with Gasteiger partial charge in [0.1, 0.15) is 5.82 Å². The number of nitrogens with zero attached hydrogens (tertiary/aromatic N) is 1. The number of nitrogens with one attached hydrogen (secondary N) is 1. The maximum atomic E-state index is 13.7. The number of aromatic nitrogens is 2. The zero-order valence-corrected chi connectivity index (χ0v) is 12.0. The van der Waals surface area contributed by atoms with E-state index in [2.05, 4.69) is 4.98 Å². The first-order valence-corrected chi connectivity index (χ1v) is 7.07. The molecule has 3 rings (SSSR count). The summed E-state index contributed by atoms with van der Waals surface area (Å²) < 4.78 is 21.8. The molecule has 0 bridgehead atoms. The summed E-state index contributed by atoms with van der Waals surface area (Å²) in [6.45, 7) is 2.83. The molecule has 102 valence electrons. The number of ether oxygens (including phenoxy) is 1. The number of imidazole rings is 1. The molecule has 2 heterocycles. The van der Waals surface area contributed by atoms with Gasteiger partial charge in [-0.3, -0.25) is 0 Å². The summed E-state index contributed by atoms with van der Waals surface area (Å²) in [5, 5.41) is 0.0978. The average molecular weight is 301 g/mol. The molecule has 1 saturated heterocycles. The van der Waals surface area contributed by atoms with Crippen molar-refractivity contribution in [2.45, 2.75) is 31.9 Å². The summed E-state index contributed by atoms with van der Waals surface area (Å²) in [6.07, 6.45) is 2.20. The Morgan fingerprint density at radius 2 is 2.37 bits per heavy atom. The number of halogens is 2. The molecule has 19 heavy (non-hydrogen) atoms. The summed E-state index contributed by atoms with van der Waals surface area (Å²) in [5.41, 5.74) is 1.48. The second-order valence-electron chi connectivity index (χ2n) is 4.88. The van der Waals surface area contributed by atoms with Crippen LogP contribution in [-0.2, 0) is 4.74 Å². The lowest BCUT2D eigenvalue weighted by Crippen LogP contribution is -2.20. The fraction of sp³-hybridized carbons (Fsp3) is 0.462. The van der Waals surface area contributed by atoms with Crippen LogP contribution in [0, 0.1) is 10.6 Å². The van der Waals surface area contributed by atoms with Gasteiger partial charge in [-0.2, -0.15) is 0 Å². The van der Waals surface area contributed by atoms with Crippen LogP contribution >= 0.6 is 23.8 Å². The number of hydrogen-bond donors (Lipinski definition) is 1. The van der Waals surface area contributed by atoms with E-state index in [-0.39, 0.29) is 17.2 Å². The van der Waals surface area contributed by atoms with E-state index in [1.54, 1.807) is 6.07 Å². The van der Waals surface area contributed by atoms with Crippen molar-refractivity contribution >= 4 is 34.9 Å². The molecule has 2 unspecified atom stereocenters. The van der Waals surface area contributed by atoms with E-state index < -0.39 is 5.82 Å². The minimum atomic E-state index is -0.434. The summed E-state index contributed by atoms with van der Waals surface area (Å²) >= 11 is 11.1. The van der Waals surface area contributed by atoms with Crippen LogP contribution in [0.5, 0.6) is 0 Å². The van der Waals surface area contributed by atoms with Crippen LogP contribution < -0.4 is 0 Å². The van der Waals surface area contributed by atoms with Gasteiger partial charge in [0.05, 0.1) is 28.2 Å². The third-order valence-electron chi connectivity index (χ3n) is 3.67. The van der Waals surface area contributed by atoms with E-state index in [1.165, 1.54) is 6.07 Å². The third-order valence-corrected chi connectivity index (χ3v) is 4.26. The van der Waals surface area contributed by atoms with E-state index in [9.17, 15) is 4.39 Å². The second kappa shape index (κ2) is 4.89. The summed E-state index contributed by atoms with van der Waals surface area (Å²) in [5.74, 6) is -0.434. The lowest BCUT2D eigenvalue weighted by Gasteiger charge is -2.20. The van der Waals surface area contributed by atoms with Gasteiger partial charge in [0.2, 0.25) is 0 Å². The van der Waals surface area contributed by atoms with Crippen molar-refractivity contribution < 1.29 is 9.13 Å². The van der Waals surface area contributed by atoms with Crippen molar-refractivity contribution in [3.8, 4) is 0 Å². The van der Waals surface area contributed by atoms with Gasteiger partial charge in [-0.05, 0) is 38.0 Å². The molecule has 1 aliphatic rings. The van der Waals surface area contributed by atoms with E-state index in [4.69, 9.17) is 28.6 Å². The smallest absolute Gasteiger partial charge is 0.178 e. The van der Waals surface area contributed by atoms with Crippen molar-refractivity contribution in [1.82, 2.24) is 9.55 Å². The predicted molar refractivity (Wildman–Crippen MR) is 75.8 cm³/mol. The number of benzene rings is 1. The van der Waals surface area contributed by atoms with Crippen LogP contribution in [-0.4, -0.2) is 22.3 Å². The molecule has 1 aromatic heterocycles. The standard InChI is InChI=1S/C13H14ClFN2OS/c1-7(12-3-2-4-18-12)17-11-6-9(15)8(14)5-10(11)16-13(17)19/h5-7,12H,2-4H2,1H3,(H,16,19). The molecule has 6 heteroatoms. The molecule has 1 aliphatic heterocycles. The van der Waals surface area contributed by atoms with Gasteiger partial charge in [0.25, 0.3) is 0 Å². The first kappa shape index (κ1) is 13.1. The molecule has 1 aromatic carbocycles. The molecule has 3 nitrogen and oxygen atoms in total. The first-order valence-electron chi connectivity index (χ1n) is 6.29. The Balaban J connectivity index is 2.14. The van der Waals surface area contributed by atoms with Crippen LogP contribution in [0.25, 0.3) is 11.0 Å². The predicted octanol–water partition coefficient (Wildman–Crippen LogP) is 4.23. The fourth-order valence-corrected chi connectivity index (χ4v) is 3.21. The minimum absolute atomic E-state index is 0.0734. The zero-order chi connectivity index (χ0) is 13.6. The molecule has 0 radical (unpaired) electrons.